The first-order valence-electron chi connectivity index (χ1n) is 7.77. The summed E-state index contributed by atoms with van der Waals surface area (Å²) in [7, 11) is 1.58. The smallest absolute Gasteiger partial charge is 0.262 e. The lowest BCUT2D eigenvalue weighted by Crippen LogP contribution is -2.20. The predicted octanol–water partition coefficient (Wildman–Crippen LogP) is 3.68. The first-order valence-corrected chi connectivity index (χ1v) is 8.57. The third-order valence-electron chi connectivity index (χ3n) is 3.26. The second kappa shape index (κ2) is 9.67. The molecule has 26 heavy (non-hydrogen) atoms. The molecule has 0 saturated heterocycles. The molecule has 2 aromatic carbocycles. The largest absolute Gasteiger partial charge is 0.497 e. The maximum Gasteiger partial charge on any atom is 0.262 e. The van der Waals surface area contributed by atoms with Crippen LogP contribution in [0.4, 0.5) is 5.69 Å². The highest BCUT2D eigenvalue weighted by atomic mass is 79.9. The number of amides is 1. The molecule has 0 saturated carbocycles. The van der Waals surface area contributed by atoms with Crippen LogP contribution in [0, 0.1) is 0 Å². The Balaban J connectivity index is 2.06. The summed E-state index contributed by atoms with van der Waals surface area (Å²) in [5, 5.41) is 14.4. The number of oxime groups is 1. The Kier molecular flexibility index (Phi) is 7.28. The fraction of sp³-hybridized carbons (Fsp3) is 0.222. The quantitative estimate of drug-likeness (QED) is 0.384. The summed E-state index contributed by atoms with van der Waals surface area (Å²) in [6, 6.07) is 10.3. The molecule has 138 valence electrons. The Morgan fingerprint density at radius 3 is 2.62 bits per heavy atom. The van der Waals surface area contributed by atoms with Crippen LogP contribution >= 0.6 is 15.9 Å². The minimum atomic E-state index is -0.314. The number of ether oxygens (including phenoxy) is 3. The standard InChI is InChI=1S/C18H19BrN2O5/c1-3-25-16-9-12(10-20-23)8-15(19)18(16)26-11-17(22)21-13-4-6-14(24-2)7-5-13/h4-10,23H,3,11H2,1-2H3,(H,21,22)/b20-10+. The van der Waals surface area contributed by atoms with E-state index in [2.05, 4.69) is 26.4 Å². The second-order valence-corrected chi connectivity index (χ2v) is 5.93. The normalized spacial score (nSPS) is 10.6. The Hall–Kier alpha value is -2.74. The third kappa shape index (κ3) is 5.38. The Bertz CT molecular complexity index is 778. The lowest BCUT2D eigenvalue weighted by molar-refractivity contribution is -0.118. The summed E-state index contributed by atoms with van der Waals surface area (Å²) in [6.45, 7) is 2.06. The van der Waals surface area contributed by atoms with E-state index in [0.717, 1.165) is 0 Å². The molecule has 0 aromatic heterocycles. The highest BCUT2D eigenvalue weighted by Gasteiger charge is 2.14. The fourth-order valence-electron chi connectivity index (χ4n) is 2.14. The van der Waals surface area contributed by atoms with E-state index < -0.39 is 0 Å². The lowest BCUT2D eigenvalue weighted by Gasteiger charge is -2.14. The molecule has 0 atom stereocenters. The minimum Gasteiger partial charge on any atom is -0.497 e. The molecule has 0 aliphatic carbocycles. The van der Waals surface area contributed by atoms with E-state index in [4.69, 9.17) is 19.4 Å². The summed E-state index contributed by atoms with van der Waals surface area (Å²) in [5.74, 6) is 1.22. The zero-order chi connectivity index (χ0) is 18.9. The molecule has 0 fully saturated rings. The predicted molar refractivity (Wildman–Crippen MR) is 102 cm³/mol. The number of benzene rings is 2. The van der Waals surface area contributed by atoms with Crippen LogP contribution in [0.3, 0.4) is 0 Å². The summed E-state index contributed by atoms with van der Waals surface area (Å²) in [5.41, 5.74) is 1.26. The van der Waals surface area contributed by atoms with E-state index in [-0.39, 0.29) is 12.5 Å². The molecule has 0 aliphatic heterocycles. The number of carbonyl (C=O) groups excluding carboxylic acids is 1. The average Bonchev–Trinajstić information content (AvgIpc) is 2.62. The fourth-order valence-corrected chi connectivity index (χ4v) is 2.72. The van der Waals surface area contributed by atoms with Gasteiger partial charge in [0.05, 0.1) is 24.4 Å². The molecule has 0 unspecified atom stereocenters. The van der Waals surface area contributed by atoms with E-state index in [1.807, 2.05) is 6.92 Å². The van der Waals surface area contributed by atoms with Gasteiger partial charge in [0, 0.05) is 11.3 Å². The second-order valence-electron chi connectivity index (χ2n) is 5.07. The van der Waals surface area contributed by atoms with Crippen LogP contribution in [0.25, 0.3) is 0 Å². The topological polar surface area (TPSA) is 89.4 Å². The highest BCUT2D eigenvalue weighted by molar-refractivity contribution is 9.10. The lowest BCUT2D eigenvalue weighted by atomic mass is 10.2. The molecule has 0 bridgehead atoms. The van der Waals surface area contributed by atoms with Crippen molar-refractivity contribution >= 4 is 33.7 Å². The molecule has 0 spiro atoms. The summed E-state index contributed by atoms with van der Waals surface area (Å²) in [6.07, 6.45) is 1.27. The molecular weight excluding hydrogens is 404 g/mol. The molecule has 7 nitrogen and oxygen atoms in total. The van der Waals surface area contributed by atoms with Crippen molar-refractivity contribution < 1.29 is 24.2 Å². The van der Waals surface area contributed by atoms with Gasteiger partial charge in [-0.25, -0.2) is 0 Å². The van der Waals surface area contributed by atoms with E-state index in [0.29, 0.717) is 39.6 Å². The van der Waals surface area contributed by atoms with Crippen LogP contribution < -0.4 is 19.5 Å². The maximum absolute atomic E-state index is 12.1. The van der Waals surface area contributed by atoms with Gasteiger partial charge in [-0.15, -0.1) is 0 Å². The molecule has 0 radical (unpaired) electrons. The number of methoxy groups -OCH3 is 1. The first kappa shape index (κ1) is 19.6. The number of hydrogen-bond donors (Lipinski definition) is 2. The molecule has 0 heterocycles. The van der Waals surface area contributed by atoms with Gasteiger partial charge in [-0.05, 0) is 59.3 Å². The monoisotopic (exact) mass is 422 g/mol. The van der Waals surface area contributed by atoms with Gasteiger partial charge in [0.2, 0.25) is 0 Å². The third-order valence-corrected chi connectivity index (χ3v) is 3.85. The molecule has 1 amide bonds. The zero-order valence-corrected chi connectivity index (χ0v) is 15.9. The van der Waals surface area contributed by atoms with Crippen molar-refractivity contribution in [1.29, 1.82) is 0 Å². The van der Waals surface area contributed by atoms with Crippen LogP contribution in [0.1, 0.15) is 12.5 Å². The SMILES string of the molecule is CCOc1cc(/C=N/O)cc(Br)c1OCC(=O)Nc1ccc(OC)cc1. The van der Waals surface area contributed by atoms with Gasteiger partial charge in [0.1, 0.15) is 5.75 Å². The maximum atomic E-state index is 12.1. The van der Waals surface area contributed by atoms with Crippen molar-refractivity contribution in [2.24, 2.45) is 5.16 Å². The van der Waals surface area contributed by atoms with Crippen molar-refractivity contribution in [2.45, 2.75) is 6.92 Å². The van der Waals surface area contributed by atoms with E-state index in [1.54, 1.807) is 43.5 Å². The molecule has 2 N–H and O–H groups in total. The number of anilines is 1. The van der Waals surface area contributed by atoms with Crippen molar-refractivity contribution in [2.75, 3.05) is 25.6 Å². The molecule has 2 aromatic rings. The van der Waals surface area contributed by atoms with Crippen LogP contribution in [0.5, 0.6) is 17.2 Å². The van der Waals surface area contributed by atoms with Gasteiger partial charge < -0.3 is 24.7 Å². The number of nitrogens with one attached hydrogen (secondary N) is 1. The Morgan fingerprint density at radius 1 is 1.27 bits per heavy atom. The summed E-state index contributed by atoms with van der Waals surface area (Å²) < 4.78 is 16.8. The van der Waals surface area contributed by atoms with Gasteiger partial charge in [0.25, 0.3) is 5.91 Å². The summed E-state index contributed by atoms with van der Waals surface area (Å²) in [4.78, 5) is 12.1. The molecule has 2 rings (SSSR count). The minimum absolute atomic E-state index is 0.196. The van der Waals surface area contributed by atoms with Crippen LogP contribution in [-0.2, 0) is 4.79 Å². The van der Waals surface area contributed by atoms with E-state index in [9.17, 15) is 4.79 Å². The first-order chi connectivity index (χ1) is 12.6. The number of nitrogens with zero attached hydrogens (tertiary/aromatic N) is 1. The van der Waals surface area contributed by atoms with Gasteiger partial charge in [-0.1, -0.05) is 5.16 Å². The zero-order valence-electron chi connectivity index (χ0n) is 14.4. The van der Waals surface area contributed by atoms with Gasteiger partial charge in [-0.3, -0.25) is 4.79 Å². The highest BCUT2D eigenvalue weighted by Crippen LogP contribution is 2.36. The number of hydrogen-bond acceptors (Lipinski definition) is 6. The number of rotatable bonds is 8. The van der Waals surface area contributed by atoms with E-state index in [1.165, 1.54) is 6.21 Å². The Labute approximate surface area is 159 Å². The van der Waals surface area contributed by atoms with Crippen molar-refractivity contribution in [3.05, 3.63) is 46.4 Å². The van der Waals surface area contributed by atoms with Gasteiger partial charge in [0.15, 0.2) is 18.1 Å². The van der Waals surface area contributed by atoms with Crippen molar-refractivity contribution in [1.82, 2.24) is 0 Å². The van der Waals surface area contributed by atoms with Crippen LogP contribution in [0.15, 0.2) is 46.0 Å². The van der Waals surface area contributed by atoms with Crippen molar-refractivity contribution in [3.8, 4) is 17.2 Å². The Morgan fingerprint density at radius 2 is 2.00 bits per heavy atom. The van der Waals surface area contributed by atoms with Gasteiger partial charge >= 0.3 is 0 Å². The summed E-state index contributed by atoms with van der Waals surface area (Å²) >= 11 is 3.38. The van der Waals surface area contributed by atoms with E-state index >= 15 is 0 Å². The molecular formula is C18H19BrN2O5. The number of carbonyl (C=O) groups is 1. The van der Waals surface area contributed by atoms with Crippen LogP contribution in [-0.4, -0.2) is 37.7 Å². The molecule has 0 aliphatic rings. The number of halogens is 1. The molecule has 8 heteroatoms. The average molecular weight is 423 g/mol. The van der Waals surface area contributed by atoms with Crippen LogP contribution in [0.2, 0.25) is 0 Å². The van der Waals surface area contributed by atoms with Crippen molar-refractivity contribution in [3.63, 3.8) is 0 Å². The van der Waals surface area contributed by atoms with Gasteiger partial charge in [-0.2, -0.15) is 0 Å².